The number of nitrogen functional groups attached to an aromatic ring is 1. The van der Waals surface area contributed by atoms with Gasteiger partial charge in [0.1, 0.15) is 18.0 Å². The van der Waals surface area contributed by atoms with Gasteiger partial charge in [0.15, 0.2) is 0 Å². The number of hydrogen-bond acceptors (Lipinski definition) is 7. The highest BCUT2D eigenvalue weighted by Crippen LogP contribution is 2.24. The van der Waals surface area contributed by atoms with Crippen LogP contribution in [0.25, 0.3) is 0 Å². The van der Waals surface area contributed by atoms with Crippen molar-refractivity contribution >= 4 is 46.4 Å². The second kappa shape index (κ2) is 10.4. The molecule has 9 nitrogen and oxygen atoms in total. The van der Waals surface area contributed by atoms with Gasteiger partial charge in [0.25, 0.3) is 0 Å². The fourth-order valence-electron chi connectivity index (χ4n) is 2.58. The van der Waals surface area contributed by atoms with Gasteiger partial charge in [-0.1, -0.05) is 29.8 Å². The number of benzene rings is 1. The summed E-state index contributed by atoms with van der Waals surface area (Å²) in [5, 5.41) is 21.2. The summed E-state index contributed by atoms with van der Waals surface area (Å²) in [6, 6.07) is 7.54. The summed E-state index contributed by atoms with van der Waals surface area (Å²) in [6.45, 7) is 6.00. The van der Waals surface area contributed by atoms with Crippen LogP contribution in [-0.2, 0) is 4.79 Å². The Balaban J connectivity index is 2.13. The number of aryl methyl sites for hydroxylation is 1. The molecule has 2 aromatic rings. The van der Waals surface area contributed by atoms with E-state index in [1.165, 1.54) is 24.7 Å². The number of allylic oxidation sites excluding steroid dienone is 1. The van der Waals surface area contributed by atoms with Crippen molar-refractivity contribution in [3.8, 4) is 0 Å². The maximum Gasteiger partial charge on any atom is 0.244 e. The van der Waals surface area contributed by atoms with E-state index in [0.717, 1.165) is 5.56 Å². The normalized spacial score (nSPS) is 11.6. The second-order valence-corrected chi connectivity index (χ2v) is 7.74. The first-order chi connectivity index (χ1) is 14.6. The van der Waals surface area contributed by atoms with E-state index >= 15 is 0 Å². The van der Waals surface area contributed by atoms with Crippen LogP contribution in [0, 0.1) is 17.7 Å². The van der Waals surface area contributed by atoms with Crippen molar-refractivity contribution in [1.82, 2.24) is 15.3 Å². The van der Waals surface area contributed by atoms with E-state index in [4.69, 9.17) is 28.2 Å². The average molecular weight is 441 g/mol. The highest BCUT2D eigenvalue weighted by atomic mass is 35.5. The number of hydrogen-bond donors (Lipinski definition) is 5. The molecule has 6 N–H and O–H groups in total. The first kappa shape index (κ1) is 23.7. The van der Waals surface area contributed by atoms with Gasteiger partial charge in [-0.15, -0.1) is 0 Å². The Morgan fingerprint density at radius 2 is 1.94 bits per heavy atom. The fourth-order valence-corrected chi connectivity index (χ4v) is 2.63. The predicted octanol–water partition coefficient (Wildman–Crippen LogP) is 2.89. The van der Waals surface area contributed by atoms with E-state index in [0.29, 0.717) is 16.9 Å². The maximum absolute atomic E-state index is 12.0. The first-order valence-corrected chi connectivity index (χ1v) is 9.74. The van der Waals surface area contributed by atoms with Crippen LogP contribution in [0.1, 0.15) is 30.5 Å². The van der Waals surface area contributed by atoms with Crippen LogP contribution in [0.15, 0.2) is 47.7 Å². The third kappa shape index (κ3) is 7.31. The number of aromatic nitrogens is 2. The minimum absolute atomic E-state index is 0.190. The van der Waals surface area contributed by atoms with Crippen LogP contribution in [0.5, 0.6) is 0 Å². The molecule has 0 saturated heterocycles. The molecule has 0 aliphatic carbocycles. The number of nitrogens with zero attached hydrogens (tertiary/aromatic N) is 3. The largest absolute Gasteiger partial charge is 0.383 e. The van der Waals surface area contributed by atoms with Crippen LogP contribution >= 0.6 is 11.6 Å². The number of carbonyl (C=O) groups is 1. The van der Waals surface area contributed by atoms with Gasteiger partial charge in [-0.2, -0.15) is 0 Å². The molecule has 0 fully saturated rings. The lowest BCUT2D eigenvalue weighted by Crippen LogP contribution is -2.44. The number of anilines is 2. The van der Waals surface area contributed by atoms with E-state index < -0.39 is 5.54 Å². The molecule has 162 valence electrons. The molecule has 2 rings (SSSR count). The minimum atomic E-state index is -0.612. The van der Waals surface area contributed by atoms with Gasteiger partial charge in [0.05, 0.1) is 16.8 Å². The van der Waals surface area contributed by atoms with Crippen molar-refractivity contribution in [3.63, 3.8) is 0 Å². The Kier molecular flexibility index (Phi) is 7.98. The maximum atomic E-state index is 12.0. The second-order valence-electron chi connectivity index (χ2n) is 7.38. The van der Waals surface area contributed by atoms with Crippen LogP contribution in [0.2, 0.25) is 0 Å². The zero-order valence-electron chi connectivity index (χ0n) is 17.5. The number of rotatable bonds is 8. The number of aliphatic imine (C=N–C) groups is 1. The van der Waals surface area contributed by atoms with Crippen LogP contribution in [0.4, 0.5) is 11.6 Å². The monoisotopic (exact) mass is 440 g/mol. The number of amides is 1. The summed E-state index contributed by atoms with van der Waals surface area (Å²) in [4.78, 5) is 23.8. The average Bonchev–Trinajstić information content (AvgIpc) is 2.70. The van der Waals surface area contributed by atoms with Crippen molar-refractivity contribution in [2.24, 2.45) is 4.99 Å². The Labute approximate surface area is 185 Å². The molecule has 0 aliphatic heterocycles. The number of carbonyl (C=O) groups excluding carboxylic acids is 1. The van der Waals surface area contributed by atoms with E-state index in [2.05, 4.69) is 25.6 Å². The van der Waals surface area contributed by atoms with E-state index in [9.17, 15) is 4.79 Å². The predicted molar refractivity (Wildman–Crippen MR) is 125 cm³/mol. The summed E-state index contributed by atoms with van der Waals surface area (Å²) in [5.41, 5.74) is 7.84. The molecule has 31 heavy (non-hydrogen) atoms. The molecule has 1 aromatic heterocycles. The van der Waals surface area contributed by atoms with Gasteiger partial charge < -0.3 is 16.4 Å². The third-order valence-electron chi connectivity index (χ3n) is 4.15. The molecule has 0 atom stereocenters. The van der Waals surface area contributed by atoms with Crippen LogP contribution in [-0.4, -0.2) is 45.2 Å². The SMILES string of the molecule is Cc1ccc(C(=N)c2c(N)ncnc2NC(C)(C)CNC(=O)C=CC=NC(=N)Cl)cc1. The number of amidine groups is 1. The van der Waals surface area contributed by atoms with Crippen LogP contribution in [0.3, 0.4) is 0 Å². The third-order valence-corrected chi connectivity index (χ3v) is 4.25. The molecule has 0 aliphatic rings. The number of nitrogens with one attached hydrogen (secondary N) is 4. The lowest BCUT2D eigenvalue weighted by molar-refractivity contribution is -0.116. The Morgan fingerprint density at radius 1 is 1.26 bits per heavy atom. The quantitative estimate of drug-likeness (QED) is 0.185. The summed E-state index contributed by atoms with van der Waals surface area (Å²) >= 11 is 5.29. The van der Waals surface area contributed by atoms with E-state index in [1.807, 2.05) is 45.0 Å². The Morgan fingerprint density at radius 3 is 2.58 bits per heavy atom. The molecule has 0 unspecified atom stereocenters. The minimum Gasteiger partial charge on any atom is -0.383 e. The molecular weight excluding hydrogens is 416 g/mol. The molecule has 1 aromatic carbocycles. The van der Waals surface area contributed by atoms with Crippen molar-refractivity contribution < 1.29 is 4.79 Å². The van der Waals surface area contributed by atoms with Gasteiger partial charge in [-0.3, -0.25) is 15.6 Å². The van der Waals surface area contributed by atoms with Crippen molar-refractivity contribution in [2.45, 2.75) is 26.3 Å². The van der Waals surface area contributed by atoms with Crippen molar-refractivity contribution in [2.75, 3.05) is 17.6 Å². The number of halogens is 1. The van der Waals surface area contributed by atoms with Gasteiger partial charge in [0.2, 0.25) is 11.2 Å². The van der Waals surface area contributed by atoms with Gasteiger partial charge in [-0.25, -0.2) is 15.0 Å². The smallest absolute Gasteiger partial charge is 0.244 e. The Hall–Kier alpha value is -3.59. The lowest BCUT2D eigenvalue weighted by Gasteiger charge is -2.28. The van der Waals surface area contributed by atoms with Crippen molar-refractivity contribution in [3.05, 3.63) is 59.4 Å². The van der Waals surface area contributed by atoms with Gasteiger partial charge in [-0.05, 0) is 38.4 Å². The van der Waals surface area contributed by atoms with Crippen molar-refractivity contribution in [1.29, 1.82) is 10.8 Å². The van der Waals surface area contributed by atoms with Gasteiger partial charge in [0, 0.05) is 24.4 Å². The molecule has 1 amide bonds. The zero-order chi connectivity index (χ0) is 23.0. The number of nitrogens with two attached hydrogens (primary N) is 1. The summed E-state index contributed by atoms with van der Waals surface area (Å²) in [5.74, 6) is 0.257. The highest BCUT2D eigenvalue weighted by Gasteiger charge is 2.23. The molecular formula is C21H25ClN8O. The highest BCUT2D eigenvalue weighted by molar-refractivity contribution is 6.64. The first-order valence-electron chi connectivity index (χ1n) is 9.36. The molecule has 0 bridgehead atoms. The molecule has 10 heteroatoms. The Bertz CT molecular complexity index is 1030. The molecule has 0 radical (unpaired) electrons. The summed E-state index contributed by atoms with van der Waals surface area (Å²) < 4.78 is 0. The van der Waals surface area contributed by atoms with Gasteiger partial charge >= 0.3 is 0 Å². The lowest BCUT2D eigenvalue weighted by atomic mass is 10.00. The van der Waals surface area contributed by atoms with E-state index in [-0.39, 0.29) is 29.3 Å². The zero-order valence-corrected chi connectivity index (χ0v) is 18.3. The molecule has 0 saturated carbocycles. The standard InChI is InChI=1S/C21H25ClN8O/c1-13-6-8-14(9-7-13)17(23)16-18(24)28-12-29-19(16)30-21(2,3)11-27-15(31)5-4-10-26-20(22)25/h4-10,12,23,25H,11H2,1-3H3,(H,27,31)(H3,24,28,29,30). The fraction of sp³-hybridized carbons (Fsp3) is 0.238. The summed E-state index contributed by atoms with van der Waals surface area (Å²) in [7, 11) is 0. The molecule has 0 spiro atoms. The molecule has 1 heterocycles. The van der Waals surface area contributed by atoms with Crippen LogP contribution < -0.4 is 16.4 Å². The van der Waals surface area contributed by atoms with E-state index in [1.54, 1.807) is 0 Å². The topological polar surface area (TPSA) is 153 Å². The summed E-state index contributed by atoms with van der Waals surface area (Å²) in [6.07, 6.45) is 5.25.